The number of ether oxygens (including phenoxy) is 1. The van der Waals surface area contributed by atoms with Crippen LogP contribution in [0.2, 0.25) is 0 Å². The summed E-state index contributed by atoms with van der Waals surface area (Å²) in [6.07, 6.45) is 3.63. The zero-order valence-electron chi connectivity index (χ0n) is 16.3. The van der Waals surface area contributed by atoms with Gasteiger partial charge in [0.25, 0.3) is 0 Å². The maximum Gasteiger partial charge on any atom is 0.407 e. The molecule has 0 atom stereocenters. The van der Waals surface area contributed by atoms with Crippen LogP contribution in [-0.2, 0) is 20.9 Å². The molecular weight excluding hydrogens is 358 g/mol. The van der Waals surface area contributed by atoms with E-state index in [1.165, 1.54) is 4.90 Å². The molecule has 28 heavy (non-hydrogen) atoms. The van der Waals surface area contributed by atoms with Gasteiger partial charge in [0, 0.05) is 39.0 Å². The predicted molar refractivity (Wildman–Crippen MR) is 104 cm³/mol. The number of rotatable bonds is 7. The van der Waals surface area contributed by atoms with E-state index in [0.717, 1.165) is 44.5 Å². The number of nitrogens with one attached hydrogen (secondary N) is 1. The van der Waals surface area contributed by atoms with Crippen LogP contribution in [0.15, 0.2) is 30.3 Å². The second kappa shape index (κ2) is 10.2. The molecule has 0 radical (unpaired) electrons. The van der Waals surface area contributed by atoms with Gasteiger partial charge < -0.3 is 15.0 Å². The Morgan fingerprint density at radius 3 is 2.39 bits per heavy atom. The van der Waals surface area contributed by atoms with Gasteiger partial charge in [-0.05, 0) is 37.8 Å². The highest BCUT2D eigenvalue weighted by atomic mass is 16.6. The third kappa shape index (κ3) is 6.05. The number of amides is 3. The summed E-state index contributed by atoms with van der Waals surface area (Å²) < 4.78 is 5.51. The van der Waals surface area contributed by atoms with Crippen LogP contribution >= 0.6 is 0 Å². The number of alkyl carbamates (subject to hydrolysis) is 1. The first-order valence-electron chi connectivity index (χ1n) is 10.2. The highest BCUT2D eigenvalue weighted by Gasteiger charge is 2.26. The molecule has 0 aromatic heterocycles. The van der Waals surface area contributed by atoms with Crippen LogP contribution in [0.25, 0.3) is 0 Å². The van der Waals surface area contributed by atoms with Crippen LogP contribution in [-0.4, -0.2) is 60.0 Å². The lowest BCUT2D eigenvalue weighted by molar-refractivity contribution is -0.148. The molecule has 1 N–H and O–H groups in total. The molecule has 0 bridgehead atoms. The molecule has 2 heterocycles. The summed E-state index contributed by atoms with van der Waals surface area (Å²) in [7, 11) is 0. The molecule has 1 aromatic rings. The van der Waals surface area contributed by atoms with Gasteiger partial charge in [-0.2, -0.15) is 0 Å². The Bertz CT molecular complexity index is 655. The summed E-state index contributed by atoms with van der Waals surface area (Å²) in [5.74, 6) is -0.0743. The highest BCUT2D eigenvalue weighted by Crippen LogP contribution is 2.16. The van der Waals surface area contributed by atoms with E-state index in [4.69, 9.17) is 4.74 Å². The van der Waals surface area contributed by atoms with E-state index in [9.17, 15) is 14.4 Å². The van der Waals surface area contributed by atoms with E-state index in [1.807, 2.05) is 30.3 Å². The number of piperidine rings is 2. The monoisotopic (exact) mass is 387 g/mol. The highest BCUT2D eigenvalue weighted by molar-refractivity contribution is 5.97. The molecular formula is C21H29N3O4. The summed E-state index contributed by atoms with van der Waals surface area (Å²) in [4.78, 5) is 39.3. The van der Waals surface area contributed by atoms with E-state index < -0.39 is 0 Å². The molecule has 7 heteroatoms. The third-order valence-corrected chi connectivity index (χ3v) is 5.33. The van der Waals surface area contributed by atoms with Gasteiger partial charge in [0.2, 0.25) is 11.8 Å². The minimum Gasteiger partial charge on any atom is -0.446 e. The van der Waals surface area contributed by atoms with Gasteiger partial charge in [0.15, 0.2) is 0 Å². The number of nitrogens with zero attached hydrogens (tertiary/aromatic N) is 2. The van der Waals surface area contributed by atoms with Crippen molar-refractivity contribution in [3.8, 4) is 0 Å². The lowest BCUT2D eigenvalue weighted by Crippen LogP contribution is -2.43. The molecule has 3 rings (SSSR count). The molecule has 2 fully saturated rings. The van der Waals surface area contributed by atoms with Crippen molar-refractivity contribution in [2.75, 3.05) is 26.2 Å². The second-order valence-electron chi connectivity index (χ2n) is 7.43. The maximum atomic E-state index is 12.0. The lowest BCUT2D eigenvalue weighted by atomic mass is 10.1. The minimum absolute atomic E-state index is 0.0372. The Balaban J connectivity index is 1.29. The Morgan fingerprint density at radius 2 is 1.71 bits per heavy atom. The average Bonchev–Trinajstić information content (AvgIpc) is 2.71. The Hall–Kier alpha value is -2.41. The van der Waals surface area contributed by atoms with Crippen molar-refractivity contribution >= 4 is 17.9 Å². The topological polar surface area (TPSA) is 79.0 Å². The zero-order valence-corrected chi connectivity index (χ0v) is 16.3. The van der Waals surface area contributed by atoms with Gasteiger partial charge in [-0.1, -0.05) is 30.3 Å². The molecule has 2 saturated heterocycles. The molecule has 0 saturated carbocycles. The van der Waals surface area contributed by atoms with E-state index >= 15 is 0 Å². The molecule has 7 nitrogen and oxygen atoms in total. The standard InChI is InChI=1S/C21H29N3O4/c25-19-8-4-9-20(26)24(19)13-5-12-23-14-10-18(11-15-23)28-21(27)22-16-17-6-2-1-3-7-17/h1-3,6-7,18H,4-5,8-16H2,(H,22,27). The molecule has 0 unspecified atom stereocenters. The van der Waals surface area contributed by atoms with Crippen molar-refractivity contribution in [2.45, 2.75) is 51.2 Å². The van der Waals surface area contributed by atoms with Gasteiger partial charge in [-0.3, -0.25) is 14.5 Å². The van der Waals surface area contributed by atoms with Crippen LogP contribution < -0.4 is 5.32 Å². The van der Waals surface area contributed by atoms with Crippen molar-refractivity contribution < 1.29 is 19.1 Å². The molecule has 0 spiro atoms. The molecule has 1 aromatic carbocycles. The van der Waals surface area contributed by atoms with Gasteiger partial charge in [0.05, 0.1) is 0 Å². The molecule has 0 aliphatic carbocycles. The number of hydrogen-bond acceptors (Lipinski definition) is 5. The minimum atomic E-state index is -0.371. The SMILES string of the molecule is O=C(NCc1ccccc1)OC1CCN(CCCN2C(=O)CCCC2=O)CC1. The van der Waals surface area contributed by atoms with Crippen LogP contribution in [0.3, 0.4) is 0 Å². The van der Waals surface area contributed by atoms with E-state index in [2.05, 4.69) is 10.2 Å². The number of likely N-dealkylation sites (tertiary alicyclic amines) is 2. The fraction of sp³-hybridized carbons (Fsp3) is 0.571. The molecule has 2 aliphatic rings. The summed E-state index contributed by atoms with van der Waals surface area (Å²) in [6, 6.07) is 9.75. The average molecular weight is 387 g/mol. The van der Waals surface area contributed by atoms with Crippen molar-refractivity contribution in [1.82, 2.24) is 15.1 Å². The third-order valence-electron chi connectivity index (χ3n) is 5.33. The lowest BCUT2D eigenvalue weighted by Gasteiger charge is -2.32. The van der Waals surface area contributed by atoms with E-state index in [0.29, 0.717) is 32.4 Å². The van der Waals surface area contributed by atoms with Crippen LogP contribution in [0.4, 0.5) is 4.79 Å². The fourth-order valence-electron chi connectivity index (χ4n) is 3.72. The first-order chi connectivity index (χ1) is 13.6. The van der Waals surface area contributed by atoms with Crippen molar-refractivity contribution in [1.29, 1.82) is 0 Å². The summed E-state index contributed by atoms with van der Waals surface area (Å²) in [5.41, 5.74) is 1.04. The number of hydrogen-bond donors (Lipinski definition) is 1. The first kappa shape index (κ1) is 20.3. The second-order valence-corrected chi connectivity index (χ2v) is 7.43. The van der Waals surface area contributed by atoms with E-state index in [1.54, 1.807) is 0 Å². The maximum absolute atomic E-state index is 12.0. The van der Waals surface area contributed by atoms with Crippen molar-refractivity contribution in [2.24, 2.45) is 0 Å². The van der Waals surface area contributed by atoms with Crippen LogP contribution in [0.1, 0.15) is 44.1 Å². The number of benzene rings is 1. The summed E-state index contributed by atoms with van der Waals surface area (Å²) >= 11 is 0. The smallest absolute Gasteiger partial charge is 0.407 e. The summed E-state index contributed by atoms with van der Waals surface area (Å²) in [6.45, 7) is 3.55. The van der Waals surface area contributed by atoms with E-state index in [-0.39, 0.29) is 24.0 Å². The van der Waals surface area contributed by atoms with Gasteiger partial charge in [-0.15, -0.1) is 0 Å². The molecule has 2 aliphatic heterocycles. The molecule has 3 amide bonds. The fourth-order valence-corrected chi connectivity index (χ4v) is 3.72. The van der Waals surface area contributed by atoms with Crippen molar-refractivity contribution in [3.63, 3.8) is 0 Å². The Labute approximate surface area is 166 Å². The molecule has 152 valence electrons. The number of carbonyl (C=O) groups is 3. The number of imide groups is 1. The van der Waals surface area contributed by atoms with Gasteiger partial charge in [-0.25, -0.2) is 4.79 Å². The zero-order chi connectivity index (χ0) is 19.8. The first-order valence-corrected chi connectivity index (χ1v) is 10.2. The van der Waals surface area contributed by atoms with Gasteiger partial charge >= 0.3 is 6.09 Å². The largest absolute Gasteiger partial charge is 0.446 e. The Morgan fingerprint density at radius 1 is 1.04 bits per heavy atom. The van der Waals surface area contributed by atoms with Crippen LogP contribution in [0.5, 0.6) is 0 Å². The van der Waals surface area contributed by atoms with Crippen molar-refractivity contribution in [3.05, 3.63) is 35.9 Å². The normalized spacial score (nSPS) is 18.9. The summed E-state index contributed by atoms with van der Waals surface area (Å²) in [5, 5.41) is 2.79. The quantitative estimate of drug-likeness (QED) is 0.727. The van der Waals surface area contributed by atoms with Crippen LogP contribution in [0, 0.1) is 0 Å². The Kier molecular flexibility index (Phi) is 7.42. The number of carbonyl (C=O) groups excluding carboxylic acids is 3. The predicted octanol–water partition coefficient (Wildman–Crippen LogP) is 2.31. The van der Waals surface area contributed by atoms with Gasteiger partial charge in [0.1, 0.15) is 6.10 Å².